The third-order valence-electron chi connectivity index (χ3n) is 4.01. The van der Waals surface area contributed by atoms with Gasteiger partial charge in [0.25, 0.3) is 0 Å². The minimum Gasteiger partial charge on any atom is -0.377 e. The summed E-state index contributed by atoms with van der Waals surface area (Å²) in [5.41, 5.74) is 2.28. The highest BCUT2D eigenvalue weighted by atomic mass is 127. The molecule has 2 rings (SSSR count). The number of ether oxygens (including phenoxy) is 1. The first-order chi connectivity index (χ1) is 11.0. The molecule has 5 nitrogen and oxygen atoms in total. The second-order valence-electron chi connectivity index (χ2n) is 6.29. The van der Waals surface area contributed by atoms with Crippen LogP contribution in [-0.2, 0) is 11.3 Å². The van der Waals surface area contributed by atoms with Crippen LogP contribution in [-0.4, -0.2) is 45.4 Å². The Morgan fingerprint density at radius 1 is 1.25 bits per heavy atom. The maximum Gasteiger partial charge on any atom is 0.191 e. The molecule has 24 heavy (non-hydrogen) atoms. The van der Waals surface area contributed by atoms with Crippen LogP contribution < -0.4 is 15.5 Å². The van der Waals surface area contributed by atoms with Crippen molar-refractivity contribution >= 4 is 35.6 Å². The fourth-order valence-corrected chi connectivity index (χ4v) is 2.33. The topological polar surface area (TPSA) is 48.9 Å². The molecule has 0 aromatic heterocycles. The molecule has 0 saturated carbocycles. The molecule has 134 valence electrons. The van der Waals surface area contributed by atoms with Crippen molar-refractivity contribution < 1.29 is 4.74 Å². The first-order valence-electron chi connectivity index (χ1n) is 8.02. The Labute approximate surface area is 162 Å². The zero-order valence-electron chi connectivity index (χ0n) is 15.0. The van der Waals surface area contributed by atoms with Gasteiger partial charge >= 0.3 is 0 Å². The van der Waals surface area contributed by atoms with E-state index in [0.29, 0.717) is 6.54 Å². The van der Waals surface area contributed by atoms with Crippen LogP contribution in [0.5, 0.6) is 0 Å². The van der Waals surface area contributed by atoms with Gasteiger partial charge in [-0.15, -0.1) is 24.0 Å². The summed E-state index contributed by atoms with van der Waals surface area (Å²) in [6.45, 7) is 7.50. The van der Waals surface area contributed by atoms with E-state index in [-0.39, 0.29) is 29.6 Å². The average Bonchev–Trinajstić information content (AvgIpc) is 3.10. The van der Waals surface area contributed by atoms with E-state index in [1.807, 2.05) is 13.8 Å². The van der Waals surface area contributed by atoms with Crippen molar-refractivity contribution in [2.45, 2.75) is 26.0 Å². The van der Waals surface area contributed by atoms with Crippen LogP contribution >= 0.6 is 24.0 Å². The van der Waals surface area contributed by atoms with Gasteiger partial charge in [-0.3, -0.25) is 4.99 Å². The number of anilines is 1. The van der Waals surface area contributed by atoms with Gasteiger partial charge in [0.05, 0.1) is 5.60 Å². The number of nitrogens with one attached hydrogen (secondary N) is 2. The summed E-state index contributed by atoms with van der Waals surface area (Å²) in [4.78, 5) is 6.60. The Bertz CT molecular complexity index is 564. The Hall–Kier alpha value is -1.28. The molecule has 1 aliphatic heterocycles. The van der Waals surface area contributed by atoms with Crippen molar-refractivity contribution in [2.75, 3.05) is 38.7 Å². The van der Waals surface area contributed by atoms with E-state index in [1.165, 1.54) is 11.3 Å². The Morgan fingerprint density at radius 2 is 1.96 bits per heavy atom. The minimum absolute atomic E-state index is 0. The Morgan fingerprint density at radius 3 is 2.58 bits per heavy atom. The van der Waals surface area contributed by atoms with Crippen LogP contribution in [0.15, 0.2) is 41.4 Å². The fourth-order valence-electron chi connectivity index (χ4n) is 2.33. The van der Waals surface area contributed by atoms with E-state index in [2.05, 4.69) is 56.9 Å². The maximum absolute atomic E-state index is 5.41. The molecule has 0 amide bonds. The number of guanidine groups is 1. The monoisotopic (exact) mass is 444 g/mol. The number of rotatable bonds is 6. The molecule has 6 heteroatoms. The number of methoxy groups -OCH3 is 1. The summed E-state index contributed by atoms with van der Waals surface area (Å²) >= 11 is 0. The zero-order chi connectivity index (χ0) is 16.7. The van der Waals surface area contributed by atoms with Crippen molar-refractivity contribution in [2.24, 2.45) is 4.99 Å². The van der Waals surface area contributed by atoms with Gasteiger partial charge < -0.3 is 20.3 Å². The normalized spacial score (nSPS) is 14.5. The molecule has 2 N–H and O–H groups in total. The van der Waals surface area contributed by atoms with Crippen molar-refractivity contribution in [3.63, 3.8) is 0 Å². The number of halogens is 1. The lowest BCUT2D eigenvalue weighted by molar-refractivity contribution is 0.0268. The molecule has 0 saturated heterocycles. The number of aliphatic imine (C=N–C) groups is 1. The molecule has 1 aromatic carbocycles. The van der Waals surface area contributed by atoms with Gasteiger partial charge in [0.2, 0.25) is 0 Å². The largest absolute Gasteiger partial charge is 0.377 e. The predicted molar refractivity (Wildman–Crippen MR) is 112 cm³/mol. The number of benzene rings is 1. The molecule has 0 spiro atoms. The highest BCUT2D eigenvalue weighted by Gasteiger charge is 2.16. The standard InChI is InChI=1S/C18H28N4O.HI/c1-18(2,23-4)14-21-17(19-3)20-13-15-8-7-9-16(12-15)22-10-5-6-11-22;/h5-9,12H,10-11,13-14H2,1-4H3,(H2,19,20,21);1H. The first kappa shape index (κ1) is 20.8. The lowest BCUT2D eigenvalue weighted by Crippen LogP contribution is -2.45. The molecule has 0 atom stereocenters. The van der Waals surface area contributed by atoms with Gasteiger partial charge in [0, 0.05) is 46.0 Å². The van der Waals surface area contributed by atoms with Gasteiger partial charge in [0.15, 0.2) is 5.96 Å². The summed E-state index contributed by atoms with van der Waals surface area (Å²) in [5.74, 6) is 0.781. The second-order valence-corrected chi connectivity index (χ2v) is 6.29. The SMILES string of the molecule is CN=C(NCc1cccc(N2CC=CC2)c1)NCC(C)(C)OC.I. The number of nitrogens with zero attached hydrogens (tertiary/aromatic N) is 2. The lowest BCUT2D eigenvalue weighted by atomic mass is 10.1. The summed E-state index contributed by atoms with van der Waals surface area (Å²) in [7, 11) is 3.50. The van der Waals surface area contributed by atoms with E-state index >= 15 is 0 Å². The smallest absolute Gasteiger partial charge is 0.191 e. The summed E-state index contributed by atoms with van der Waals surface area (Å²) in [5, 5.41) is 6.64. The first-order valence-corrected chi connectivity index (χ1v) is 8.02. The third kappa shape index (κ3) is 6.32. The minimum atomic E-state index is -0.222. The molecular formula is C18H29IN4O. The van der Waals surface area contributed by atoms with Gasteiger partial charge in [-0.25, -0.2) is 0 Å². The summed E-state index contributed by atoms with van der Waals surface area (Å²) < 4.78 is 5.41. The maximum atomic E-state index is 5.41. The molecule has 1 aliphatic rings. The molecule has 0 radical (unpaired) electrons. The van der Waals surface area contributed by atoms with E-state index in [9.17, 15) is 0 Å². The molecule has 0 unspecified atom stereocenters. The highest BCUT2D eigenvalue weighted by molar-refractivity contribution is 14.0. The van der Waals surface area contributed by atoms with Crippen LogP contribution in [0.25, 0.3) is 0 Å². The van der Waals surface area contributed by atoms with E-state index in [0.717, 1.165) is 25.6 Å². The van der Waals surface area contributed by atoms with Gasteiger partial charge in [-0.1, -0.05) is 24.3 Å². The Kier molecular flexibility index (Phi) is 8.55. The van der Waals surface area contributed by atoms with Gasteiger partial charge in [-0.2, -0.15) is 0 Å². The van der Waals surface area contributed by atoms with E-state index in [4.69, 9.17) is 4.74 Å². The van der Waals surface area contributed by atoms with Crippen LogP contribution in [0.3, 0.4) is 0 Å². The van der Waals surface area contributed by atoms with Crippen LogP contribution in [0, 0.1) is 0 Å². The number of hydrogen-bond acceptors (Lipinski definition) is 3. The van der Waals surface area contributed by atoms with Crippen LogP contribution in [0.2, 0.25) is 0 Å². The Balaban J connectivity index is 0.00000288. The van der Waals surface area contributed by atoms with Gasteiger partial charge in [0.1, 0.15) is 0 Å². The fraction of sp³-hybridized carbons (Fsp3) is 0.500. The molecule has 0 bridgehead atoms. The molecule has 0 fully saturated rings. The average molecular weight is 444 g/mol. The summed E-state index contributed by atoms with van der Waals surface area (Å²) in [6, 6.07) is 8.62. The van der Waals surface area contributed by atoms with Crippen molar-refractivity contribution in [3.05, 3.63) is 42.0 Å². The quantitative estimate of drug-likeness (QED) is 0.307. The van der Waals surface area contributed by atoms with Crippen molar-refractivity contribution in [1.29, 1.82) is 0 Å². The van der Waals surface area contributed by atoms with Crippen LogP contribution in [0.1, 0.15) is 19.4 Å². The second kappa shape index (κ2) is 9.88. The van der Waals surface area contributed by atoms with Crippen molar-refractivity contribution in [1.82, 2.24) is 10.6 Å². The molecule has 1 aromatic rings. The van der Waals surface area contributed by atoms with E-state index in [1.54, 1.807) is 14.2 Å². The van der Waals surface area contributed by atoms with Gasteiger partial charge in [-0.05, 0) is 31.5 Å². The number of hydrogen-bond donors (Lipinski definition) is 2. The zero-order valence-corrected chi connectivity index (χ0v) is 17.3. The predicted octanol–water partition coefficient (Wildman–Crippen LogP) is 2.77. The molecular weight excluding hydrogens is 415 g/mol. The van der Waals surface area contributed by atoms with Crippen molar-refractivity contribution in [3.8, 4) is 0 Å². The molecule has 1 heterocycles. The summed E-state index contributed by atoms with van der Waals surface area (Å²) in [6.07, 6.45) is 4.41. The van der Waals surface area contributed by atoms with E-state index < -0.39 is 0 Å². The highest BCUT2D eigenvalue weighted by Crippen LogP contribution is 2.18. The molecule has 0 aliphatic carbocycles. The lowest BCUT2D eigenvalue weighted by Gasteiger charge is -2.24. The van der Waals surface area contributed by atoms with Crippen LogP contribution in [0.4, 0.5) is 5.69 Å². The third-order valence-corrected chi connectivity index (χ3v) is 4.01.